The lowest BCUT2D eigenvalue weighted by Crippen LogP contribution is -2.54. The predicted molar refractivity (Wildman–Crippen MR) is 76.1 cm³/mol. The molecule has 3 nitrogen and oxygen atoms in total. The lowest BCUT2D eigenvalue weighted by atomic mass is 9.44. The molecule has 4 atom stereocenters. The Kier molecular flexibility index (Phi) is 2.93. The second-order valence-corrected chi connectivity index (χ2v) is 7.10. The summed E-state index contributed by atoms with van der Waals surface area (Å²) in [5.41, 5.74) is 0.881. The number of hydrogen-bond acceptors (Lipinski definition) is 2. The van der Waals surface area contributed by atoms with E-state index in [-0.39, 0.29) is 23.5 Å². The van der Waals surface area contributed by atoms with Crippen LogP contribution in [0.5, 0.6) is 0 Å². The maximum atomic E-state index is 12.4. The van der Waals surface area contributed by atoms with Crippen molar-refractivity contribution in [2.45, 2.75) is 45.4 Å². The first kappa shape index (κ1) is 13.6. The molecule has 20 heavy (non-hydrogen) atoms. The highest BCUT2D eigenvalue weighted by molar-refractivity contribution is 5.96. The van der Waals surface area contributed by atoms with Crippen LogP contribution in [0, 0.1) is 22.7 Å². The first-order valence-corrected chi connectivity index (χ1v) is 7.50. The molecule has 0 heterocycles. The number of ketones is 1. The molecular formula is C17H22O3. The van der Waals surface area contributed by atoms with E-state index in [0.29, 0.717) is 12.3 Å². The van der Waals surface area contributed by atoms with E-state index in [2.05, 4.69) is 12.7 Å². The Labute approximate surface area is 119 Å². The quantitative estimate of drug-likeness (QED) is 0.803. The minimum absolute atomic E-state index is 0.0625. The SMILES string of the molecule is C=C1CC23C=CC(=O)C(C)(CCC(=O)O)C2CC1CC3. The van der Waals surface area contributed by atoms with E-state index in [1.807, 2.05) is 6.92 Å². The highest BCUT2D eigenvalue weighted by Crippen LogP contribution is 2.64. The third-order valence-electron chi connectivity index (χ3n) is 6.06. The molecule has 4 rings (SSSR count). The monoisotopic (exact) mass is 274 g/mol. The summed E-state index contributed by atoms with van der Waals surface area (Å²) in [4.78, 5) is 23.4. The number of hydrogen-bond donors (Lipinski definition) is 1. The van der Waals surface area contributed by atoms with Crippen LogP contribution in [0.2, 0.25) is 0 Å². The number of aliphatic carboxylic acids is 1. The van der Waals surface area contributed by atoms with Crippen molar-refractivity contribution in [3.63, 3.8) is 0 Å². The number of carbonyl (C=O) groups is 2. The smallest absolute Gasteiger partial charge is 0.303 e. The van der Waals surface area contributed by atoms with Crippen LogP contribution in [-0.2, 0) is 9.59 Å². The predicted octanol–water partition coefficient (Wildman–Crippen LogP) is 3.36. The van der Waals surface area contributed by atoms with Gasteiger partial charge in [-0.1, -0.05) is 25.2 Å². The number of rotatable bonds is 3. The minimum atomic E-state index is -0.812. The van der Waals surface area contributed by atoms with Gasteiger partial charge in [-0.3, -0.25) is 9.59 Å². The van der Waals surface area contributed by atoms with E-state index in [9.17, 15) is 9.59 Å². The van der Waals surface area contributed by atoms with E-state index in [0.717, 1.165) is 19.3 Å². The summed E-state index contributed by atoms with van der Waals surface area (Å²) in [7, 11) is 0. The molecule has 3 saturated carbocycles. The summed E-state index contributed by atoms with van der Waals surface area (Å²) in [5, 5.41) is 8.97. The number of carboxylic acid groups (broad SMARTS) is 1. The average Bonchev–Trinajstić information content (AvgIpc) is 2.41. The van der Waals surface area contributed by atoms with Crippen LogP contribution in [-0.4, -0.2) is 16.9 Å². The lowest BCUT2D eigenvalue weighted by Gasteiger charge is -2.59. The molecule has 1 N–H and O–H groups in total. The van der Waals surface area contributed by atoms with E-state index in [4.69, 9.17) is 5.11 Å². The molecule has 0 amide bonds. The van der Waals surface area contributed by atoms with Gasteiger partial charge in [0.1, 0.15) is 0 Å². The normalized spacial score (nSPS) is 42.6. The molecule has 108 valence electrons. The molecule has 3 heteroatoms. The first-order valence-electron chi connectivity index (χ1n) is 7.50. The summed E-state index contributed by atoms with van der Waals surface area (Å²) in [6, 6.07) is 0. The van der Waals surface area contributed by atoms with Crippen LogP contribution < -0.4 is 0 Å². The number of allylic oxidation sites excluding steroid dienone is 3. The molecule has 0 aromatic rings. The van der Waals surface area contributed by atoms with Crippen LogP contribution in [0.4, 0.5) is 0 Å². The summed E-state index contributed by atoms with van der Waals surface area (Å²) in [5.74, 6) is 0.127. The fraction of sp³-hybridized carbons (Fsp3) is 0.647. The van der Waals surface area contributed by atoms with Crippen molar-refractivity contribution in [1.29, 1.82) is 0 Å². The molecule has 3 fully saturated rings. The molecule has 0 saturated heterocycles. The van der Waals surface area contributed by atoms with Crippen molar-refractivity contribution >= 4 is 11.8 Å². The zero-order chi connectivity index (χ0) is 14.5. The van der Waals surface area contributed by atoms with E-state index in [1.54, 1.807) is 6.08 Å². The standard InChI is InChI=1S/C17H22O3/c1-11-10-17-7-3-12(11)9-13(17)16(2,6-5-15(19)20)14(18)4-8-17/h4,8,12-13H,1,3,5-7,9-10H2,2H3,(H,19,20). The molecule has 0 aliphatic heterocycles. The molecular weight excluding hydrogens is 252 g/mol. The van der Waals surface area contributed by atoms with Gasteiger partial charge in [-0.15, -0.1) is 0 Å². The van der Waals surface area contributed by atoms with Gasteiger partial charge >= 0.3 is 5.97 Å². The maximum Gasteiger partial charge on any atom is 0.303 e. The zero-order valence-electron chi connectivity index (χ0n) is 12.0. The summed E-state index contributed by atoms with van der Waals surface area (Å²) in [6.07, 6.45) is 8.64. The highest BCUT2D eigenvalue weighted by Gasteiger charge is 2.58. The van der Waals surface area contributed by atoms with Crippen LogP contribution in [0.25, 0.3) is 0 Å². The first-order chi connectivity index (χ1) is 9.37. The highest BCUT2D eigenvalue weighted by atomic mass is 16.4. The van der Waals surface area contributed by atoms with Gasteiger partial charge in [0, 0.05) is 11.8 Å². The fourth-order valence-corrected chi connectivity index (χ4v) is 4.82. The zero-order valence-corrected chi connectivity index (χ0v) is 12.0. The van der Waals surface area contributed by atoms with E-state index < -0.39 is 11.4 Å². The Hall–Kier alpha value is -1.38. The maximum absolute atomic E-state index is 12.4. The number of fused-ring (bicyclic) bond motifs is 2. The third-order valence-corrected chi connectivity index (χ3v) is 6.06. The summed E-state index contributed by atoms with van der Waals surface area (Å²) < 4.78 is 0. The second-order valence-electron chi connectivity index (χ2n) is 7.10. The number of carboxylic acids is 1. The summed E-state index contributed by atoms with van der Waals surface area (Å²) >= 11 is 0. The van der Waals surface area contributed by atoms with Crippen molar-refractivity contribution in [2.24, 2.45) is 22.7 Å². The van der Waals surface area contributed by atoms with Crippen molar-refractivity contribution in [2.75, 3.05) is 0 Å². The Morgan fingerprint density at radius 1 is 1.55 bits per heavy atom. The van der Waals surface area contributed by atoms with Gasteiger partial charge in [0.15, 0.2) is 5.78 Å². The topological polar surface area (TPSA) is 54.4 Å². The van der Waals surface area contributed by atoms with Gasteiger partial charge in [0.25, 0.3) is 0 Å². The molecule has 0 aromatic heterocycles. The third kappa shape index (κ3) is 1.79. The van der Waals surface area contributed by atoms with Crippen molar-refractivity contribution < 1.29 is 14.7 Å². The lowest BCUT2D eigenvalue weighted by molar-refractivity contribution is -0.141. The Morgan fingerprint density at radius 3 is 2.95 bits per heavy atom. The fourth-order valence-electron chi connectivity index (χ4n) is 4.82. The molecule has 1 spiro atoms. The van der Waals surface area contributed by atoms with Gasteiger partial charge in [-0.2, -0.15) is 0 Å². The van der Waals surface area contributed by atoms with Gasteiger partial charge in [-0.05, 0) is 55.4 Å². The minimum Gasteiger partial charge on any atom is -0.481 e. The summed E-state index contributed by atoms with van der Waals surface area (Å²) in [6.45, 7) is 6.19. The Bertz CT molecular complexity index is 518. The van der Waals surface area contributed by atoms with Gasteiger partial charge in [0.05, 0.1) is 0 Å². The van der Waals surface area contributed by atoms with Crippen LogP contribution >= 0.6 is 0 Å². The largest absolute Gasteiger partial charge is 0.481 e. The van der Waals surface area contributed by atoms with Gasteiger partial charge in [0.2, 0.25) is 0 Å². The Balaban J connectivity index is 1.96. The molecule has 0 radical (unpaired) electrons. The van der Waals surface area contributed by atoms with Crippen LogP contribution in [0.3, 0.4) is 0 Å². The molecule has 4 aliphatic carbocycles. The molecule has 0 aromatic carbocycles. The van der Waals surface area contributed by atoms with E-state index in [1.165, 1.54) is 12.0 Å². The number of carbonyl (C=O) groups excluding carboxylic acids is 1. The van der Waals surface area contributed by atoms with E-state index >= 15 is 0 Å². The molecule has 4 unspecified atom stereocenters. The van der Waals surface area contributed by atoms with Crippen molar-refractivity contribution in [3.8, 4) is 0 Å². The Morgan fingerprint density at radius 2 is 2.30 bits per heavy atom. The van der Waals surface area contributed by atoms with Crippen LogP contribution in [0.1, 0.15) is 45.4 Å². The molecule has 2 bridgehead atoms. The van der Waals surface area contributed by atoms with Crippen molar-refractivity contribution in [1.82, 2.24) is 0 Å². The second kappa shape index (κ2) is 4.31. The van der Waals surface area contributed by atoms with Gasteiger partial charge in [-0.25, -0.2) is 0 Å². The average molecular weight is 274 g/mol. The van der Waals surface area contributed by atoms with Crippen LogP contribution in [0.15, 0.2) is 24.3 Å². The van der Waals surface area contributed by atoms with Crippen molar-refractivity contribution in [3.05, 3.63) is 24.3 Å². The van der Waals surface area contributed by atoms with Gasteiger partial charge < -0.3 is 5.11 Å². The molecule has 4 aliphatic rings.